The lowest BCUT2D eigenvalue weighted by atomic mass is 10.2. The molecule has 0 radical (unpaired) electrons. The molecule has 2 heterocycles. The zero-order chi connectivity index (χ0) is 23.8. The normalized spacial score (nSPS) is 13.5. The number of anilines is 2. The molecule has 0 saturated carbocycles. The Kier molecular flexibility index (Phi) is 6.03. The van der Waals surface area contributed by atoms with Crippen molar-refractivity contribution in [2.24, 2.45) is 0 Å². The van der Waals surface area contributed by atoms with Gasteiger partial charge in [0.2, 0.25) is 5.91 Å². The Labute approximate surface area is 191 Å². The zero-order valence-electron chi connectivity index (χ0n) is 17.3. The summed E-state index contributed by atoms with van der Waals surface area (Å²) in [4.78, 5) is 26.4. The first-order valence-electron chi connectivity index (χ1n) is 9.89. The van der Waals surface area contributed by atoms with E-state index in [0.717, 1.165) is 22.9 Å². The van der Waals surface area contributed by atoms with Crippen LogP contribution >= 0.6 is 11.6 Å². The number of alkyl halides is 3. The van der Waals surface area contributed by atoms with Gasteiger partial charge in [0.1, 0.15) is 11.6 Å². The second-order valence-electron chi connectivity index (χ2n) is 7.35. The second-order valence-corrected chi connectivity index (χ2v) is 7.75. The molecule has 0 bridgehead atoms. The molecule has 2 aromatic carbocycles. The number of halogens is 4. The fourth-order valence-corrected chi connectivity index (χ4v) is 3.64. The van der Waals surface area contributed by atoms with Gasteiger partial charge in [0.05, 0.1) is 27.7 Å². The number of benzene rings is 2. The summed E-state index contributed by atoms with van der Waals surface area (Å²) in [7, 11) is 0. The second kappa shape index (κ2) is 8.78. The molecular weight excluding hydrogens is 461 g/mol. The van der Waals surface area contributed by atoms with Gasteiger partial charge < -0.3 is 15.0 Å². The predicted octanol–water partition coefficient (Wildman–Crippen LogP) is 4.61. The van der Waals surface area contributed by atoms with Gasteiger partial charge in [-0.15, -0.1) is 0 Å². The Balaban J connectivity index is 1.53. The third kappa shape index (κ3) is 4.80. The topological polar surface area (TPSA) is 76.5 Å². The smallest absolute Gasteiger partial charge is 0.416 e. The highest BCUT2D eigenvalue weighted by Gasteiger charge is 2.31. The largest absolute Gasteiger partial charge is 0.482 e. The number of aromatic nitrogens is 2. The summed E-state index contributed by atoms with van der Waals surface area (Å²) in [5, 5.41) is 6.86. The number of nitrogens with one attached hydrogen (secondary N) is 1. The Morgan fingerprint density at radius 1 is 1.18 bits per heavy atom. The van der Waals surface area contributed by atoms with Gasteiger partial charge in [0.25, 0.3) is 5.91 Å². The monoisotopic (exact) mass is 478 g/mol. The molecule has 4 rings (SSSR count). The van der Waals surface area contributed by atoms with Crippen LogP contribution in [0.3, 0.4) is 0 Å². The van der Waals surface area contributed by atoms with Gasteiger partial charge >= 0.3 is 6.18 Å². The Hall–Kier alpha value is -3.53. The molecule has 0 saturated heterocycles. The van der Waals surface area contributed by atoms with E-state index < -0.39 is 17.6 Å². The maximum absolute atomic E-state index is 13.2. The number of para-hydroxylation sites is 2. The van der Waals surface area contributed by atoms with E-state index >= 15 is 0 Å². The van der Waals surface area contributed by atoms with Crippen molar-refractivity contribution in [2.45, 2.75) is 19.5 Å². The summed E-state index contributed by atoms with van der Waals surface area (Å²) in [6, 6.07) is 11.4. The van der Waals surface area contributed by atoms with Crippen LogP contribution in [-0.4, -0.2) is 34.7 Å². The lowest BCUT2D eigenvalue weighted by molar-refractivity contribution is -0.137. The van der Waals surface area contributed by atoms with Crippen molar-refractivity contribution in [1.29, 1.82) is 0 Å². The predicted molar refractivity (Wildman–Crippen MR) is 116 cm³/mol. The summed E-state index contributed by atoms with van der Waals surface area (Å²) in [5.41, 5.74) is 0.123. The van der Waals surface area contributed by atoms with Gasteiger partial charge in [-0.1, -0.05) is 23.7 Å². The number of carbonyl (C=O) groups excluding carboxylic acids is 2. The van der Waals surface area contributed by atoms with Crippen LogP contribution in [0.5, 0.6) is 5.75 Å². The van der Waals surface area contributed by atoms with Crippen molar-refractivity contribution in [2.75, 3.05) is 23.4 Å². The van der Waals surface area contributed by atoms with E-state index in [-0.39, 0.29) is 42.0 Å². The number of hydrogen-bond acceptors (Lipinski definition) is 4. The van der Waals surface area contributed by atoms with Gasteiger partial charge in [-0.05, 0) is 37.3 Å². The van der Waals surface area contributed by atoms with Gasteiger partial charge in [-0.25, -0.2) is 4.68 Å². The first kappa shape index (κ1) is 22.7. The number of carbonyl (C=O) groups is 2. The number of rotatable bonds is 5. The van der Waals surface area contributed by atoms with Crippen molar-refractivity contribution in [3.8, 4) is 11.4 Å². The average molecular weight is 479 g/mol. The summed E-state index contributed by atoms with van der Waals surface area (Å²) in [6.45, 7) is 1.61. The van der Waals surface area contributed by atoms with Crippen molar-refractivity contribution in [3.05, 3.63) is 64.8 Å². The highest BCUT2D eigenvalue weighted by Crippen LogP contribution is 2.34. The Morgan fingerprint density at radius 3 is 2.70 bits per heavy atom. The third-order valence-corrected chi connectivity index (χ3v) is 5.29. The molecule has 33 heavy (non-hydrogen) atoms. The number of fused-ring (bicyclic) bond motifs is 1. The standard InChI is InChI=1S/C22H18ClF3N4O3/c1-13-10-19(30(28-13)17-11-14(22(24,25)26)6-7-15(17)23)27-20(31)8-9-29-16-4-2-3-5-18(16)33-12-21(29)32/h2-7,10-11H,8-9,12H2,1H3,(H,27,31). The molecule has 2 amide bonds. The SMILES string of the molecule is Cc1cc(NC(=O)CCN2C(=O)COc3ccccc32)n(-c2cc(C(F)(F)F)ccc2Cl)n1. The summed E-state index contributed by atoms with van der Waals surface area (Å²) in [5.74, 6) is -0.0213. The minimum atomic E-state index is -4.56. The molecule has 0 unspecified atom stereocenters. The molecule has 11 heteroatoms. The maximum Gasteiger partial charge on any atom is 0.416 e. The Morgan fingerprint density at radius 2 is 1.94 bits per heavy atom. The minimum absolute atomic E-state index is 0.0211. The van der Waals surface area contributed by atoms with Crippen LogP contribution in [-0.2, 0) is 15.8 Å². The quantitative estimate of drug-likeness (QED) is 0.581. The lowest BCUT2D eigenvalue weighted by Crippen LogP contribution is -2.40. The van der Waals surface area contributed by atoms with Gasteiger partial charge in [-0.2, -0.15) is 18.3 Å². The van der Waals surface area contributed by atoms with E-state index in [2.05, 4.69) is 10.4 Å². The summed E-state index contributed by atoms with van der Waals surface area (Å²) in [6.07, 6.45) is -4.62. The highest BCUT2D eigenvalue weighted by molar-refractivity contribution is 6.32. The fraction of sp³-hybridized carbons (Fsp3) is 0.227. The molecule has 1 aliphatic rings. The molecule has 1 N–H and O–H groups in total. The van der Waals surface area contributed by atoms with Gasteiger partial charge in [0.15, 0.2) is 6.61 Å². The number of hydrogen-bond donors (Lipinski definition) is 1. The van der Waals surface area contributed by atoms with Crippen LogP contribution in [0.15, 0.2) is 48.5 Å². The molecule has 172 valence electrons. The van der Waals surface area contributed by atoms with E-state index in [9.17, 15) is 22.8 Å². The van der Waals surface area contributed by atoms with Crippen molar-refractivity contribution >= 4 is 34.9 Å². The van der Waals surface area contributed by atoms with Crippen LogP contribution in [0.25, 0.3) is 5.69 Å². The highest BCUT2D eigenvalue weighted by atomic mass is 35.5. The van der Waals surface area contributed by atoms with Crippen molar-refractivity contribution in [1.82, 2.24) is 9.78 Å². The van der Waals surface area contributed by atoms with Crippen molar-refractivity contribution in [3.63, 3.8) is 0 Å². The lowest BCUT2D eigenvalue weighted by Gasteiger charge is -2.29. The molecule has 0 fully saturated rings. The Bertz CT molecular complexity index is 1230. The van der Waals surface area contributed by atoms with E-state index in [1.54, 1.807) is 31.2 Å². The number of aryl methyl sites for hydroxylation is 1. The summed E-state index contributed by atoms with van der Waals surface area (Å²) >= 11 is 6.13. The zero-order valence-corrected chi connectivity index (χ0v) is 18.1. The van der Waals surface area contributed by atoms with Crippen LogP contribution in [0, 0.1) is 6.92 Å². The number of amides is 2. The van der Waals surface area contributed by atoms with Gasteiger partial charge in [-0.3, -0.25) is 9.59 Å². The molecule has 0 aliphatic carbocycles. The molecule has 0 spiro atoms. The van der Waals surface area contributed by atoms with E-state index in [1.807, 2.05) is 0 Å². The van der Waals surface area contributed by atoms with E-state index in [0.29, 0.717) is 17.1 Å². The van der Waals surface area contributed by atoms with Crippen LogP contribution in [0.1, 0.15) is 17.7 Å². The summed E-state index contributed by atoms with van der Waals surface area (Å²) < 4.78 is 46.0. The molecule has 0 atom stereocenters. The van der Waals surface area contributed by atoms with Crippen LogP contribution in [0.2, 0.25) is 5.02 Å². The molecule has 1 aromatic heterocycles. The average Bonchev–Trinajstić information content (AvgIpc) is 3.12. The van der Waals surface area contributed by atoms with Crippen LogP contribution < -0.4 is 15.0 Å². The molecule has 7 nitrogen and oxygen atoms in total. The number of ether oxygens (including phenoxy) is 1. The van der Waals surface area contributed by atoms with E-state index in [1.165, 1.54) is 11.0 Å². The minimum Gasteiger partial charge on any atom is -0.482 e. The molecule has 1 aliphatic heterocycles. The molecular formula is C22H18ClF3N4O3. The van der Waals surface area contributed by atoms with Crippen molar-refractivity contribution < 1.29 is 27.5 Å². The third-order valence-electron chi connectivity index (χ3n) is 4.97. The molecule has 3 aromatic rings. The van der Waals surface area contributed by atoms with Gasteiger partial charge in [0, 0.05) is 19.0 Å². The fourth-order valence-electron chi connectivity index (χ4n) is 3.44. The van der Waals surface area contributed by atoms with E-state index in [4.69, 9.17) is 16.3 Å². The first-order valence-corrected chi connectivity index (χ1v) is 10.3. The first-order chi connectivity index (χ1) is 15.6. The number of nitrogens with zero attached hydrogens (tertiary/aromatic N) is 3. The van der Waals surface area contributed by atoms with Crippen LogP contribution in [0.4, 0.5) is 24.7 Å². The maximum atomic E-state index is 13.2.